The molecule has 0 aliphatic rings. The number of aromatic nitrogens is 3. The van der Waals surface area contributed by atoms with E-state index in [4.69, 9.17) is 4.42 Å². The van der Waals surface area contributed by atoms with Gasteiger partial charge >= 0.3 is 0 Å². The molecule has 3 aromatic rings. The van der Waals surface area contributed by atoms with Gasteiger partial charge in [-0.2, -0.15) is 0 Å². The smallest absolute Gasteiger partial charge is 0.270 e. The van der Waals surface area contributed by atoms with Crippen molar-refractivity contribution in [3.05, 3.63) is 62.7 Å². The molecule has 0 atom stereocenters. The second-order valence-electron chi connectivity index (χ2n) is 5.62. The topological polar surface area (TPSA) is 115 Å². The average molecular weight is 340 g/mol. The Morgan fingerprint density at radius 1 is 1.32 bits per heavy atom. The number of hydrogen-bond donors (Lipinski definition) is 1. The van der Waals surface area contributed by atoms with Crippen molar-refractivity contribution in [3.63, 3.8) is 0 Å². The van der Waals surface area contributed by atoms with E-state index in [1.54, 1.807) is 19.9 Å². The number of H-pyrrole nitrogens is 1. The Bertz CT molecular complexity index is 971. The monoisotopic (exact) mass is 340 g/mol. The number of aryl methyl sites for hydroxylation is 2. The van der Waals surface area contributed by atoms with Crippen LogP contribution in [-0.4, -0.2) is 25.9 Å². The standard InChI is InChI=1S/C17H16N4O4/c1-4-13-19-20-17(25-13)15-9(2)14(10(3)18-15)16(22)11-6-5-7-12(8-11)21(23)24/h5-8,18H,4H2,1-3H3. The molecular weight excluding hydrogens is 324 g/mol. The number of nitro groups is 1. The SMILES string of the molecule is CCc1nnc(-c2[nH]c(C)c(C(=O)c3cccc([N+](=O)[O-])c3)c2C)o1. The van der Waals surface area contributed by atoms with Crippen LogP contribution in [-0.2, 0) is 6.42 Å². The van der Waals surface area contributed by atoms with Crippen LogP contribution in [0.15, 0.2) is 28.7 Å². The predicted octanol–water partition coefficient (Wildman–Crippen LogP) is 3.38. The number of benzene rings is 1. The molecule has 0 radical (unpaired) electrons. The molecule has 3 rings (SSSR count). The van der Waals surface area contributed by atoms with Crippen LogP contribution in [0, 0.1) is 24.0 Å². The van der Waals surface area contributed by atoms with E-state index >= 15 is 0 Å². The average Bonchev–Trinajstić information content (AvgIpc) is 3.18. The van der Waals surface area contributed by atoms with Gasteiger partial charge in [-0.3, -0.25) is 14.9 Å². The van der Waals surface area contributed by atoms with E-state index in [0.717, 1.165) is 0 Å². The van der Waals surface area contributed by atoms with Crippen LogP contribution < -0.4 is 0 Å². The van der Waals surface area contributed by atoms with Crippen molar-refractivity contribution in [3.8, 4) is 11.6 Å². The van der Waals surface area contributed by atoms with Crippen molar-refractivity contribution in [1.82, 2.24) is 15.2 Å². The summed E-state index contributed by atoms with van der Waals surface area (Å²) in [4.78, 5) is 26.4. The van der Waals surface area contributed by atoms with Gasteiger partial charge in [0.2, 0.25) is 5.89 Å². The van der Waals surface area contributed by atoms with Gasteiger partial charge in [0.15, 0.2) is 5.78 Å². The third-order valence-electron chi connectivity index (χ3n) is 3.97. The van der Waals surface area contributed by atoms with Crippen LogP contribution in [0.2, 0.25) is 0 Å². The molecule has 0 aliphatic carbocycles. The second kappa shape index (κ2) is 6.31. The zero-order valence-electron chi connectivity index (χ0n) is 14.0. The van der Waals surface area contributed by atoms with Crippen molar-refractivity contribution in [2.24, 2.45) is 0 Å². The van der Waals surface area contributed by atoms with Gasteiger partial charge in [-0.1, -0.05) is 19.1 Å². The maximum absolute atomic E-state index is 12.9. The number of ketones is 1. The number of nitrogens with one attached hydrogen (secondary N) is 1. The molecule has 0 aliphatic heterocycles. The Hall–Kier alpha value is -3.29. The third kappa shape index (κ3) is 2.93. The summed E-state index contributed by atoms with van der Waals surface area (Å²) in [5, 5.41) is 18.8. The molecule has 0 bridgehead atoms. The summed E-state index contributed by atoms with van der Waals surface area (Å²) in [6.07, 6.45) is 0.616. The lowest BCUT2D eigenvalue weighted by Crippen LogP contribution is -2.04. The third-order valence-corrected chi connectivity index (χ3v) is 3.97. The van der Waals surface area contributed by atoms with Crippen LogP contribution >= 0.6 is 0 Å². The van der Waals surface area contributed by atoms with Gasteiger partial charge in [0.25, 0.3) is 11.6 Å². The molecule has 2 aromatic heterocycles. The Morgan fingerprint density at radius 2 is 2.08 bits per heavy atom. The van der Waals surface area contributed by atoms with Crippen molar-refractivity contribution >= 4 is 11.5 Å². The number of hydrogen-bond acceptors (Lipinski definition) is 6. The zero-order valence-corrected chi connectivity index (χ0v) is 14.0. The van der Waals surface area contributed by atoms with Gasteiger partial charge in [0, 0.05) is 35.4 Å². The number of rotatable bonds is 5. The molecule has 8 heteroatoms. The Labute approximate surface area is 143 Å². The van der Waals surface area contributed by atoms with Crippen molar-refractivity contribution < 1.29 is 14.1 Å². The Balaban J connectivity index is 2.04. The highest BCUT2D eigenvalue weighted by Crippen LogP contribution is 2.29. The number of aromatic amines is 1. The number of carbonyl (C=O) groups excluding carboxylic acids is 1. The highest BCUT2D eigenvalue weighted by Gasteiger charge is 2.23. The minimum atomic E-state index is -0.524. The summed E-state index contributed by atoms with van der Waals surface area (Å²) in [7, 11) is 0. The summed E-state index contributed by atoms with van der Waals surface area (Å²) in [5.74, 6) is 0.528. The van der Waals surface area contributed by atoms with Crippen molar-refractivity contribution in [2.45, 2.75) is 27.2 Å². The molecule has 25 heavy (non-hydrogen) atoms. The number of non-ortho nitro benzene ring substituents is 1. The van der Waals surface area contributed by atoms with Crippen molar-refractivity contribution in [2.75, 3.05) is 0 Å². The van der Waals surface area contributed by atoms with E-state index in [2.05, 4.69) is 15.2 Å². The minimum absolute atomic E-state index is 0.124. The normalized spacial score (nSPS) is 10.8. The molecule has 128 valence electrons. The quantitative estimate of drug-likeness (QED) is 0.432. The summed E-state index contributed by atoms with van der Waals surface area (Å²) in [6.45, 7) is 5.44. The number of nitrogens with zero attached hydrogens (tertiary/aromatic N) is 3. The molecule has 0 unspecified atom stereocenters. The molecule has 8 nitrogen and oxygen atoms in total. The van der Waals surface area contributed by atoms with Gasteiger partial charge in [-0.25, -0.2) is 0 Å². The molecule has 0 amide bonds. The predicted molar refractivity (Wildman–Crippen MR) is 89.5 cm³/mol. The van der Waals surface area contributed by atoms with Gasteiger partial charge in [0.05, 0.1) is 4.92 Å². The first-order valence-corrected chi connectivity index (χ1v) is 7.73. The van der Waals surface area contributed by atoms with Crippen LogP contribution in [0.3, 0.4) is 0 Å². The van der Waals surface area contributed by atoms with Gasteiger partial charge in [0.1, 0.15) is 5.69 Å². The van der Waals surface area contributed by atoms with Gasteiger partial charge < -0.3 is 9.40 Å². The highest BCUT2D eigenvalue weighted by molar-refractivity contribution is 6.11. The van der Waals surface area contributed by atoms with Crippen LogP contribution in [0.5, 0.6) is 0 Å². The van der Waals surface area contributed by atoms with Gasteiger partial charge in [-0.15, -0.1) is 10.2 Å². The fourth-order valence-electron chi connectivity index (χ4n) is 2.71. The highest BCUT2D eigenvalue weighted by atomic mass is 16.6. The Morgan fingerprint density at radius 3 is 2.72 bits per heavy atom. The minimum Gasteiger partial charge on any atom is -0.419 e. The molecule has 1 N–H and O–H groups in total. The summed E-state index contributed by atoms with van der Waals surface area (Å²) >= 11 is 0. The van der Waals surface area contributed by atoms with E-state index < -0.39 is 4.92 Å². The fourth-order valence-corrected chi connectivity index (χ4v) is 2.71. The zero-order chi connectivity index (χ0) is 18.1. The summed E-state index contributed by atoms with van der Waals surface area (Å²) < 4.78 is 5.55. The molecule has 0 spiro atoms. The first-order chi connectivity index (χ1) is 11.9. The molecule has 2 heterocycles. The van der Waals surface area contributed by atoms with E-state index in [1.807, 2.05) is 6.92 Å². The van der Waals surface area contributed by atoms with E-state index in [1.165, 1.54) is 18.2 Å². The first-order valence-electron chi connectivity index (χ1n) is 7.73. The second-order valence-corrected chi connectivity index (χ2v) is 5.62. The van der Waals surface area contributed by atoms with Crippen LogP contribution in [0.4, 0.5) is 5.69 Å². The number of nitro benzene ring substituents is 1. The lowest BCUT2D eigenvalue weighted by molar-refractivity contribution is -0.384. The van der Waals surface area contributed by atoms with Crippen LogP contribution in [0.25, 0.3) is 11.6 Å². The lowest BCUT2D eigenvalue weighted by Gasteiger charge is -2.02. The molecule has 0 saturated heterocycles. The van der Waals surface area contributed by atoms with Crippen LogP contribution in [0.1, 0.15) is 40.0 Å². The van der Waals surface area contributed by atoms with E-state index in [9.17, 15) is 14.9 Å². The lowest BCUT2D eigenvalue weighted by atomic mass is 9.99. The number of carbonyl (C=O) groups is 1. The van der Waals surface area contributed by atoms with E-state index in [0.29, 0.717) is 40.7 Å². The summed E-state index contributed by atoms with van der Waals surface area (Å²) in [6, 6.07) is 5.68. The van der Waals surface area contributed by atoms with Gasteiger partial charge in [-0.05, 0) is 19.4 Å². The maximum atomic E-state index is 12.9. The molecule has 1 aromatic carbocycles. The van der Waals surface area contributed by atoms with E-state index in [-0.39, 0.29) is 17.0 Å². The largest absolute Gasteiger partial charge is 0.419 e. The molecule has 0 fully saturated rings. The summed E-state index contributed by atoms with van der Waals surface area (Å²) in [5.41, 5.74) is 2.47. The Kier molecular flexibility index (Phi) is 4.18. The first kappa shape index (κ1) is 16.6. The molecule has 0 saturated carbocycles. The fraction of sp³-hybridized carbons (Fsp3) is 0.235. The maximum Gasteiger partial charge on any atom is 0.270 e. The van der Waals surface area contributed by atoms with Crippen molar-refractivity contribution in [1.29, 1.82) is 0 Å². The molecular formula is C17H16N4O4.